The topological polar surface area (TPSA) is 65.8 Å². The molecule has 0 saturated heterocycles. The fourth-order valence-electron chi connectivity index (χ4n) is 5.90. The van der Waals surface area contributed by atoms with Crippen LogP contribution in [-0.4, -0.2) is 47.3 Å². The Morgan fingerprint density at radius 1 is 1.11 bits per heavy atom. The molecule has 0 spiro atoms. The van der Waals surface area contributed by atoms with Crippen LogP contribution in [-0.2, 0) is 11.3 Å². The van der Waals surface area contributed by atoms with Gasteiger partial charge in [0.2, 0.25) is 5.91 Å². The van der Waals surface area contributed by atoms with Gasteiger partial charge in [-0.1, -0.05) is 50.5 Å². The quantitative estimate of drug-likeness (QED) is 0.338. The molecule has 2 aliphatic rings. The molecule has 0 unspecified atom stereocenters. The second-order valence-corrected chi connectivity index (χ2v) is 11.2. The third-order valence-corrected chi connectivity index (χ3v) is 8.67. The maximum absolute atomic E-state index is 14.0. The molecule has 0 radical (unpaired) electrons. The lowest BCUT2D eigenvalue weighted by atomic mass is 9.80. The Hall–Kier alpha value is -2.90. The number of carbonyl (C=O) groups excluding carboxylic acids is 2. The molecule has 0 bridgehead atoms. The van der Waals surface area contributed by atoms with E-state index in [1.807, 2.05) is 47.8 Å². The summed E-state index contributed by atoms with van der Waals surface area (Å²) in [6, 6.07) is 15.6. The smallest absolute Gasteiger partial charge is 0.254 e. The predicted molar refractivity (Wildman–Crippen MR) is 147 cm³/mol. The Morgan fingerprint density at radius 2 is 1.95 bits per heavy atom. The molecule has 1 N–H and O–H groups in total. The molecule has 2 amide bonds. The summed E-state index contributed by atoms with van der Waals surface area (Å²) in [5, 5.41) is 5.30. The molecule has 5 rings (SSSR count). The Bertz CT molecular complexity index is 1150. The Balaban J connectivity index is 1.38. The van der Waals surface area contributed by atoms with Crippen LogP contribution >= 0.6 is 11.3 Å². The molecule has 1 fully saturated rings. The van der Waals surface area contributed by atoms with Crippen molar-refractivity contribution in [3.63, 3.8) is 0 Å². The fraction of sp³-hybridized carbons (Fsp3) is 0.467. The Labute approximate surface area is 223 Å². The average Bonchev–Trinajstić information content (AvgIpc) is 3.71. The molecular weight excluding hydrogens is 482 g/mol. The van der Waals surface area contributed by atoms with Gasteiger partial charge in [-0.25, -0.2) is 0 Å². The normalized spacial score (nSPS) is 19.9. The van der Waals surface area contributed by atoms with Crippen LogP contribution < -0.4 is 5.32 Å². The molecule has 6 nitrogen and oxygen atoms in total. The first kappa shape index (κ1) is 25.7. The van der Waals surface area contributed by atoms with Gasteiger partial charge in [0.15, 0.2) is 0 Å². The molecular formula is C30H37N3O3S. The summed E-state index contributed by atoms with van der Waals surface area (Å²) >= 11 is 1.64. The van der Waals surface area contributed by atoms with Gasteiger partial charge in [0.05, 0.1) is 24.8 Å². The van der Waals surface area contributed by atoms with Gasteiger partial charge in [0.25, 0.3) is 5.91 Å². The first-order valence-electron chi connectivity index (χ1n) is 13.6. The van der Waals surface area contributed by atoms with E-state index in [-0.39, 0.29) is 23.9 Å². The molecule has 2 aromatic heterocycles. The van der Waals surface area contributed by atoms with Gasteiger partial charge in [-0.3, -0.25) is 14.5 Å². The van der Waals surface area contributed by atoms with Crippen molar-refractivity contribution in [1.82, 2.24) is 15.1 Å². The highest BCUT2D eigenvalue weighted by atomic mass is 32.1. The van der Waals surface area contributed by atoms with E-state index >= 15 is 0 Å². The van der Waals surface area contributed by atoms with Gasteiger partial charge < -0.3 is 14.6 Å². The zero-order chi connectivity index (χ0) is 25.6. The molecule has 1 aliphatic heterocycles. The van der Waals surface area contributed by atoms with E-state index in [1.165, 1.54) is 0 Å². The lowest BCUT2D eigenvalue weighted by Gasteiger charge is -2.44. The first-order valence-corrected chi connectivity index (χ1v) is 14.5. The minimum atomic E-state index is -0.428. The van der Waals surface area contributed by atoms with E-state index in [9.17, 15) is 9.59 Å². The first-order chi connectivity index (χ1) is 18.2. The summed E-state index contributed by atoms with van der Waals surface area (Å²) in [7, 11) is 0. The van der Waals surface area contributed by atoms with Crippen molar-refractivity contribution in [2.45, 2.75) is 70.0 Å². The van der Waals surface area contributed by atoms with Crippen molar-refractivity contribution in [3.8, 4) is 0 Å². The minimum Gasteiger partial charge on any atom is -0.468 e. The molecule has 7 heteroatoms. The van der Waals surface area contributed by atoms with Crippen molar-refractivity contribution >= 4 is 23.2 Å². The van der Waals surface area contributed by atoms with Gasteiger partial charge in [-0.2, -0.15) is 0 Å². The van der Waals surface area contributed by atoms with Crippen molar-refractivity contribution in [3.05, 3.63) is 81.9 Å². The Kier molecular flexibility index (Phi) is 8.41. The second kappa shape index (κ2) is 12.1. The third kappa shape index (κ3) is 5.68. The number of thiophene rings is 1. The molecule has 1 aliphatic carbocycles. The monoisotopic (exact) mass is 519 g/mol. The van der Waals surface area contributed by atoms with Crippen molar-refractivity contribution in [2.75, 3.05) is 19.6 Å². The summed E-state index contributed by atoms with van der Waals surface area (Å²) in [6.07, 6.45) is 8.20. The fourth-order valence-corrected chi connectivity index (χ4v) is 6.76. The molecule has 1 saturated carbocycles. The van der Waals surface area contributed by atoms with E-state index in [2.05, 4.69) is 28.1 Å². The van der Waals surface area contributed by atoms with Crippen LogP contribution in [0, 0.1) is 0 Å². The lowest BCUT2D eigenvalue weighted by Crippen LogP contribution is -2.51. The Morgan fingerprint density at radius 3 is 2.68 bits per heavy atom. The molecule has 37 heavy (non-hydrogen) atoms. The second-order valence-electron chi connectivity index (χ2n) is 10.2. The average molecular weight is 520 g/mol. The van der Waals surface area contributed by atoms with Crippen LogP contribution in [0.25, 0.3) is 0 Å². The predicted octanol–water partition coefficient (Wildman–Crippen LogP) is 5.98. The number of rotatable bonds is 11. The molecule has 196 valence electrons. The van der Waals surface area contributed by atoms with Gasteiger partial charge >= 0.3 is 0 Å². The summed E-state index contributed by atoms with van der Waals surface area (Å²) < 4.78 is 5.57. The maximum atomic E-state index is 14.0. The summed E-state index contributed by atoms with van der Waals surface area (Å²) in [4.78, 5) is 33.2. The van der Waals surface area contributed by atoms with Crippen LogP contribution in [0.5, 0.6) is 0 Å². The largest absolute Gasteiger partial charge is 0.468 e. The maximum Gasteiger partial charge on any atom is 0.254 e. The minimum absolute atomic E-state index is 0.00483. The molecule has 1 aromatic carbocycles. The third-order valence-electron chi connectivity index (χ3n) is 7.73. The lowest BCUT2D eigenvalue weighted by molar-refractivity contribution is -0.124. The molecule has 3 heterocycles. The van der Waals surface area contributed by atoms with Gasteiger partial charge in [-0.05, 0) is 61.0 Å². The number of hydrogen-bond acceptors (Lipinski definition) is 5. The number of hydrogen-bond donors (Lipinski definition) is 1. The standard InChI is InChI=1S/C30H37N3O3S/c1-2-3-17-32(21-23-12-8-19-36-23)18-16-31-29(34)27-24-13-6-7-14-25(24)30(35)33(22-10-4-5-11-22)28(27)26-15-9-20-37-26/h6-9,12-15,19-20,22,27-28H,2-5,10-11,16-18,21H2,1H3,(H,31,34)/t27-,28-/m0/s1. The summed E-state index contributed by atoms with van der Waals surface area (Å²) in [5.41, 5.74) is 1.51. The summed E-state index contributed by atoms with van der Waals surface area (Å²) in [6.45, 7) is 5.18. The van der Waals surface area contributed by atoms with Gasteiger partial charge in [-0.15, -0.1) is 11.3 Å². The van der Waals surface area contributed by atoms with E-state index in [1.54, 1.807) is 17.6 Å². The number of nitrogens with zero attached hydrogens (tertiary/aromatic N) is 2. The number of furan rings is 1. The summed E-state index contributed by atoms with van der Waals surface area (Å²) in [5.74, 6) is 0.568. The number of nitrogens with one attached hydrogen (secondary N) is 1. The van der Waals surface area contributed by atoms with E-state index in [0.717, 1.165) is 74.4 Å². The van der Waals surface area contributed by atoms with Gasteiger partial charge in [0, 0.05) is 29.6 Å². The van der Waals surface area contributed by atoms with Crippen molar-refractivity contribution in [2.24, 2.45) is 0 Å². The van der Waals surface area contributed by atoms with Crippen LogP contribution in [0.2, 0.25) is 0 Å². The van der Waals surface area contributed by atoms with Gasteiger partial charge in [0.1, 0.15) is 5.76 Å². The molecule has 3 aromatic rings. The van der Waals surface area contributed by atoms with Crippen molar-refractivity contribution in [1.29, 1.82) is 0 Å². The SMILES string of the molecule is CCCCN(CCNC(=O)[C@H]1c2ccccc2C(=O)N(C2CCCC2)[C@H]1c1cccs1)Cc1ccco1. The highest BCUT2D eigenvalue weighted by Crippen LogP contribution is 2.47. The highest BCUT2D eigenvalue weighted by Gasteiger charge is 2.47. The van der Waals surface area contributed by atoms with E-state index in [4.69, 9.17) is 4.42 Å². The van der Waals surface area contributed by atoms with Crippen LogP contribution in [0.1, 0.15) is 84.0 Å². The highest BCUT2D eigenvalue weighted by molar-refractivity contribution is 7.10. The van der Waals surface area contributed by atoms with Crippen LogP contribution in [0.15, 0.2) is 64.6 Å². The number of benzene rings is 1. The van der Waals surface area contributed by atoms with E-state index < -0.39 is 5.92 Å². The molecule has 2 atom stereocenters. The number of carbonyl (C=O) groups is 2. The van der Waals surface area contributed by atoms with E-state index in [0.29, 0.717) is 12.1 Å². The van der Waals surface area contributed by atoms with Crippen LogP contribution in [0.4, 0.5) is 0 Å². The number of fused-ring (bicyclic) bond motifs is 1. The van der Waals surface area contributed by atoms with Crippen LogP contribution in [0.3, 0.4) is 0 Å². The number of unbranched alkanes of at least 4 members (excludes halogenated alkanes) is 1. The zero-order valence-corrected chi connectivity index (χ0v) is 22.4. The van der Waals surface area contributed by atoms with Crippen molar-refractivity contribution < 1.29 is 14.0 Å². The number of amides is 2. The zero-order valence-electron chi connectivity index (χ0n) is 21.6.